The molecule has 0 atom stereocenters. The maximum Gasteiger partial charge on any atom is 0.165 e. The van der Waals surface area contributed by atoms with Crippen LogP contribution in [-0.4, -0.2) is 25.9 Å². The van der Waals surface area contributed by atoms with Gasteiger partial charge in [0, 0.05) is 43.5 Å². The largest absolute Gasteiger partial charge is 0.384 e. The van der Waals surface area contributed by atoms with E-state index in [9.17, 15) is 4.79 Å². The van der Waals surface area contributed by atoms with Crippen molar-refractivity contribution >= 4 is 17.2 Å². The monoisotopic (exact) mass is 230 g/mol. The van der Waals surface area contributed by atoms with Crippen LogP contribution in [0.3, 0.4) is 0 Å². The van der Waals surface area contributed by atoms with Crippen LogP contribution in [-0.2, 0) is 6.42 Å². The fourth-order valence-corrected chi connectivity index (χ4v) is 2.80. The van der Waals surface area contributed by atoms with Gasteiger partial charge < -0.3 is 10.2 Å². The van der Waals surface area contributed by atoms with Crippen LogP contribution in [0.25, 0.3) is 0 Å². The highest BCUT2D eigenvalue weighted by molar-refractivity contribution is 6.02. The van der Waals surface area contributed by atoms with Crippen molar-refractivity contribution in [3.63, 3.8) is 0 Å². The number of carbonyl (C=O) groups excluding carboxylic acids is 1. The molecule has 1 N–H and O–H groups in total. The fraction of sp³-hybridized carbons (Fsp3) is 0.500. The minimum Gasteiger partial charge on any atom is -0.384 e. The smallest absolute Gasteiger partial charge is 0.165 e. The number of nitrogens with zero attached hydrogens (tertiary/aromatic N) is 1. The third-order valence-electron chi connectivity index (χ3n) is 3.77. The highest BCUT2D eigenvalue weighted by Gasteiger charge is 2.21. The second-order valence-corrected chi connectivity index (χ2v) is 5.01. The summed E-state index contributed by atoms with van der Waals surface area (Å²) in [4.78, 5) is 14.3. The van der Waals surface area contributed by atoms with Crippen molar-refractivity contribution in [2.75, 3.05) is 30.4 Å². The molecule has 0 saturated heterocycles. The minimum atomic E-state index is 0.293. The number of benzene rings is 1. The Kier molecular flexibility index (Phi) is 2.54. The Morgan fingerprint density at radius 2 is 2.12 bits per heavy atom. The molecule has 0 unspecified atom stereocenters. The standard InChI is InChI=1S/C14H18N2O/c1-16-7-3-4-10-8-11-12(9-13(10)16)15-6-2-5-14(11)17/h8-9,15H,2-7H2,1H3. The summed E-state index contributed by atoms with van der Waals surface area (Å²) in [5.74, 6) is 0.293. The topological polar surface area (TPSA) is 32.3 Å². The van der Waals surface area contributed by atoms with Crippen molar-refractivity contribution in [3.05, 3.63) is 23.3 Å². The predicted octanol–water partition coefficient (Wildman–Crippen LogP) is 2.46. The Bertz CT molecular complexity index is 468. The predicted molar refractivity (Wildman–Crippen MR) is 70.1 cm³/mol. The van der Waals surface area contributed by atoms with E-state index in [2.05, 4.69) is 29.4 Å². The molecule has 0 saturated carbocycles. The van der Waals surface area contributed by atoms with Crippen LogP contribution in [0.1, 0.15) is 35.2 Å². The first-order valence-electron chi connectivity index (χ1n) is 6.41. The van der Waals surface area contributed by atoms with Gasteiger partial charge in [-0.25, -0.2) is 0 Å². The number of ketones is 1. The lowest BCUT2D eigenvalue weighted by molar-refractivity contribution is 0.0983. The quantitative estimate of drug-likeness (QED) is 0.743. The van der Waals surface area contributed by atoms with Gasteiger partial charge in [-0.2, -0.15) is 0 Å². The molecule has 3 heteroatoms. The van der Waals surface area contributed by atoms with Gasteiger partial charge in [-0.3, -0.25) is 4.79 Å². The van der Waals surface area contributed by atoms with E-state index in [0.717, 1.165) is 37.2 Å². The van der Waals surface area contributed by atoms with Crippen LogP contribution >= 0.6 is 0 Å². The maximum atomic E-state index is 12.0. The highest BCUT2D eigenvalue weighted by Crippen LogP contribution is 2.33. The molecule has 0 bridgehead atoms. The van der Waals surface area contributed by atoms with Crippen LogP contribution < -0.4 is 10.2 Å². The summed E-state index contributed by atoms with van der Waals surface area (Å²) >= 11 is 0. The van der Waals surface area contributed by atoms with Gasteiger partial charge in [-0.05, 0) is 37.0 Å². The molecule has 0 aliphatic carbocycles. The van der Waals surface area contributed by atoms with Gasteiger partial charge in [-0.1, -0.05) is 0 Å². The molecule has 3 nitrogen and oxygen atoms in total. The van der Waals surface area contributed by atoms with Crippen molar-refractivity contribution in [1.82, 2.24) is 0 Å². The molecule has 0 fully saturated rings. The summed E-state index contributed by atoms with van der Waals surface area (Å²) < 4.78 is 0. The normalized spacial score (nSPS) is 19.1. The van der Waals surface area contributed by atoms with Crippen LogP contribution in [0.4, 0.5) is 11.4 Å². The van der Waals surface area contributed by atoms with Crippen molar-refractivity contribution in [2.24, 2.45) is 0 Å². The van der Waals surface area contributed by atoms with Gasteiger partial charge in [0.05, 0.1) is 0 Å². The van der Waals surface area contributed by atoms with Crippen LogP contribution in [0.5, 0.6) is 0 Å². The second-order valence-electron chi connectivity index (χ2n) is 5.01. The SMILES string of the molecule is CN1CCCc2cc3c(cc21)NCCCC3=O. The van der Waals surface area contributed by atoms with Crippen molar-refractivity contribution in [2.45, 2.75) is 25.7 Å². The molecule has 1 aromatic rings. The van der Waals surface area contributed by atoms with Crippen LogP contribution in [0.2, 0.25) is 0 Å². The molecule has 2 aliphatic rings. The molecule has 0 aromatic heterocycles. The van der Waals surface area contributed by atoms with Crippen molar-refractivity contribution < 1.29 is 4.79 Å². The van der Waals surface area contributed by atoms with E-state index in [4.69, 9.17) is 0 Å². The average Bonchev–Trinajstić information content (AvgIpc) is 2.51. The van der Waals surface area contributed by atoms with E-state index in [0.29, 0.717) is 12.2 Å². The third kappa shape index (κ3) is 1.79. The van der Waals surface area contributed by atoms with Gasteiger partial charge in [0.2, 0.25) is 0 Å². The zero-order chi connectivity index (χ0) is 11.8. The number of hydrogen-bond acceptors (Lipinski definition) is 3. The Hall–Kier alpha value is -1.51. The van der Waals surface area contributed by atoms with Gasteiger partial charge in [0.15, 0.2) is 5.78 Å². The Labute approximate surface area is 102 Å². The number of anilines is 2. The summed E-state index contributed by atoms with van der Waals surface area (Å²) in [6, 6.07) is 4.27. The van der Waals surface area contributed by atoms with Crippen LogP contribution in [0, 0.1) is 0 Å². The van der Waals surface area contributed by atoms with E-state index in [-0.39, 0.29) is 0 Å². The zero-order valence-corrected chi connectivity index (χ0v) is 10.3. The summed E-state index contributed by atoms with van der Waals surface area (Å²) in [6.45, 7) is 2.01. The number of aryl methyl sites for hydroxylation is 1. The van der Waals surface area contributed by atoms with E-state index in [1.807, 2.05) is 0 Å². The summed E-state index contributed by atoms with van der Waals surface area (Å²) in [5, 5.41) is 3.38. The first-order chi connectivity index (χ1) is 8.25. The lowest BCUT2D eigenvalue weighted by atomic mass is 9.96. The second kappa shape index (κ2) is 4.06. The number of hydrogen-bond donors (Lipinski definition) is 1. The van der Waals surface area contributed by atoms with Gasteiger partial charge >= 0.3 is 0 Å². The maximum absolute atomic E-state index is 12.0. The summed E-state index contributed by atoms with van der Waals surface area (Å²) in [5.41, 5.74) is 4.54. The number of nitrogens with one attached hydrogen (secondary N) is 1. The number of rotatable bonds is 0. The first kappa shape index (κ1) is 10.6. The third-order valence-corrected chi connectivity index (χ3v) is 3.77. The van der Waals surface area contributed by atoms with Gasteiger partial charge in [0.25, 0.3) is 0 Å². The molecule has 2 aliphatic heterocycles. The van der Waals surface area contributed by atoms with Gasteiger partial charge in [-0.15, -0.1) is 0 Å². The molecule has 0 amide bonds. The number of fused-ring (bicyclic) bond motifs is 2. The summed E-state index contributed by atoms with van der Waals surface area (Å²) in [6.07, 6.45) is 3.90. The van der Waals surface area contributed by atoms with Crippen molar-refractivity contribution in [1.29, 1.82) is 0 Å². The zero-order valence-electron chi connectivity index (χ0n) is 10.3. The lowest BCUT2D eigenvalue weighted by Crippen LogP contribution is -2.25. The molecule has 3 rings (SSSR count). The van der Waals surface area contributed by atoms with E-state index >= 15 is 0 Å². The van der Waals surface area contributed by atoms with E-state index in [1.165, 1.54) is 17.7 Å². The van der Waals surface area contributed by atoms with Crippen molar-refractivity contribution in [3.8, 4) is 0 Å². The Morgan fingerprint density at radius 1 is 1.24 bits per heavy atom. The summed E-state index contributed by atoms with van der Waals surface area (Å²) in [7, 11) is 2.13. The lowest BCUT2D eigenvalue weighted by Gasteiger charge is -2.28. The Morgan fingerprint density at radius 3 is 3.00 bits per heavy atom. The van der Waals surface area contributed by atoms with Gasteiger partial charge in [0.1, 0.15) is 0 Å². The molecule has 1 aromatic carbocycles. The Balaban J connectivity index is 2.11. The molecule has 0 spiro atoms. The minimum absolute atomic E-state index is 0.293. The molecule has 17 heavy (non-hydrogen) atoms. The molecule has 0 radical (unpaired) electrons. The number of carbonyl (C=O) groups is 1. The molecular formula is C14H18N2O. The number of Topliss-reactive ketones (excluding diaryl/α,β-unsaturated/α-hetero) is 1. The molecule has 2 heterocycles. The molecule has 90 valence electrons. The molecular weight excluding hydrogens is 212 g/mol. The van der Waals surface area contributed by atoms with E-state index in [1.54, 1.807) is 0 Å². The van der Waals surface area contributed by atoms with E-state index < -0.39 is 0 Å². The first-order valence-corrected chi connectivity index (χ1v) is 6.41. The fourth-order valence-electron chi connectivity index (χ4n) is 2.80. The highest BCUT2D eigenvalue weighted by atomic mass is 16.1. The average molecular weight is 230 g/mol. The van der Waals surface area contributed by atoms with Crippen LogP contribution in [0.15, 0.2) is 12.1 Å².